The molecule has 0 radical (unpaired) electrons. The number of nitrogen functional groups attached to an aromatic ring is 2. The molecule has 1 heterocycles. The van der Waals surface area contributed by atoms with Crippen molar-refractivity contribution < 1.29 is 0 Å². The van der Waals surface area contributed by atoms with Crippen LogP contribution in [0, 0.1) is 6.92 Å². The predicted octanol–water partition coefficient (Wildman–Crippen LogP) is 1.63. The fourth-order valence-corrected chi connectivity index (χ4v) is 2.10. The smallest absolute Gasteiger partial charge is 0.261 e. The van der Waals surface area contributed by atoms with Gasteiger partial charge in [0.05, 0.1) is 5.56 Å². The van der Waals surface area contributed by atoms with Gasteiger partial charge in [0.1, 0.15) is 5.82 Å². The van der Waals surface area contributed by atoms with E-state index < -0.39 is 0 Å². The maximum atomic E-state index is 12.0. The molecular weight excluding hydrogens is 248 g/mol. The molecule has 18 heavy (non-hydrogen) atoms. The lowest BCUT2D eigenvalue weighted by molar-refractivity contribution is 0.952. The van der Waals surface area contributed by atoms with Crippen LogP contribution in [0.1, 0.15) is 5.56 Å². The van der Waals surface area contributed by atoms with Crippen molar-refractivity contribution in [2.24, 2.45) is 0 Å². The number of H-pyrrole nitrogens is 1. The van der Waals surface area contributed by atoms with E-state index in [4.69, 9.17) is 11.5 Å². The Morgan fingerprint density at radius 3 is 2.67 bits per heavy atom. The number of nitrogens with zero attached hydrogens (tertiary/aromatic N) is 1. The van der Waals surface area contributed by atoms with E-state index in [1.54, 1.807) is 6.07 Å². The first kappa shape index (κ1) is 12.5. The molecule has 0 aliphatic heterocycles. The summed E-state index contributed by atoms with van der Waals surface area (Å²) in [5, 5.41) is 0.493. The standard InChI is InChI=1S/C12H14N4OS/c1-6-3-4-8(13)7(5-6)9-10(14)15-12(18-2)16-11(9)17/h3-5H,13H2,1-2H3,(H3,14,15,16,17). The highest BCUT2D eigenvalue weighted by atomic mass is 32.2. The second-order valence-electron chi connectivity index (χ2n) is 3.93. The van der Waals surface area contributed by atoms with E-state index in [1.807, 2.05) is 25.3 Å². The number of hydrogen-bond donors (Lipinski definition) is 3. The van der Waals surface area contributed by atoms with E-state index in [0.29, 0.717) is 22.0 Å². The quantitative estimate of drug-likeness (QED) is 0.434. The first-order chi connectivity index (χ1) is 8.52. The monoisotopic (exact) mass is 262 g/mol. The third-order valence-electron chi connectivity index (χ3n) is 2.60. The van der Waals surface area contributed by atoms with Crippen LogP contribution >= 0.6 is 11.8 Å². The SMILES string of the molecule is CSc1nc(N)c(-c2cc(C)ccc2N)c(=O)[nH]1. The summed E-state index contributed by atoms with van der Waals surface area (Å²) < 4.78 is 0. The molecular formula is C12H14N4OS. The lowest BCUT2D eigenvalue weighted by atomic mass is 10.0. The molecule has 0 aliphatic carbocycles. The summed E-state index contributed by atoms with van der Waals surface area (Å²) in [6.07, 6.45) is 1.82. The first-order valence-electron chi connectivity index (χ1n) is 5.33. The molecule has 0 unspecified atom stereocenters. The van der Waals surface area contributed by atoms with Crippen LogP contribution < -0.4 is 17.0 Å². The van der Waals surface area contributed by atoms with E-state index in [9.17, 15) is 4.79 Å². The minimum Gasteiger partial charge on any atom is -0.398 e. The van der Waals surface area contributed by atoms with Crippen LogP contribution in [0.15, 0.2) is 28.2 Å². The van der Waals surface area contributed by atoms with Crippen LogP contribution in [0.2, 0.25) is 0 Å². The number of nitrogens with two attached hydrogens (primary N) is 2. The number of rotatable bonds is 2. The number of aromatic amines is 1. The zero-order valence-corrected chi connectivity index (χ0v) is 11.0. The third kappa shape index (κ3) is 2.19. The Morgan fingerprint density at radius 2 is 2.06 bits per heavy atom. The highest BCUT2D eigenvalue weighted by molar-refractivity contribution is 7.98. The summed E-state index contributed by atoms with van der Waals surface area (Å²) in [5.41, 5.74) is 13.9. The molecule has 5 N–H and O–H groups in total. The van der Waals surface area contributed by atoms with Gasteiger partial charge in [-0.05, 0) is 25.3 Å². The van der Waals surface area contributed by atoms with E-state index in [-0.39, 0.29) is 11.4 Å². The number of nitrogens with one attached hydrogen (secondary N) is 1. The van der Waals surface area contributed by atoms with Gasteiger partial charge in [-0.25, -0.2) is 4.98 Å². The topological polar surface area (TPSA) is 97.8 Å². The minimum absolute atomic E-state index is 0.195. The van der Waals surface area contributed by atoms with Gasteiger partial charge in [-0.15, -0.1) is 0 Å². The predicted molar refractivity (Wildman–Crippen MR) is 75.6 cm³/mol. The fourth-order valence-electron chi connectivity index (χ4n) is 1.71. The van der Waals surface area contributed by atoms with Crippen LogP contribution in [-0.2, 0) is 0 Å². The molecule has 0 bridgehead atoms. The summed E-state index contributed by atoms with van der Waals surface area (Å²) in [6, 6.07) is 5.47. The van der Waals surface area contributed by atoms with E-state index >= 15 is 0 Å². The number of aryl methyl sites for hydroxylation is 1. The molecule has 1 aromatic carbocycles. The van der Waals surface area contributed by atoms with Crippen molar-refractivity contribution in [1.29, 1.82) is 0 Å². The Hall–Kier alpha value is -1.95. The summed E-state index contributed by atoms with van der Waals surface area (Å²) >= 11 is 1.33. The van der Waals surface area contributed by atoms with Crippen molar-refractivity contribution >= 4 is 23.3 Å². The Balaban J connectivity index is 2.71. The van der Waals surface area contributed by atoms with Crippen LogP contribution in [0.3, 0.4) is 0 Å². The second-order valence-corrected chi connectivity index (χ2v) is 4.72. The van der Waals surface area contributed by atoms with Gasteiger partial charge in [0.2, 0.25) is 0 Å². The average Bonchev–Trinajstić information content (AvgIpc) is 2.32. The molecule has 2 rings (SSSR count). The summed E-state index contributed by atoms with van der Waals surface area (Å²) in [6.45, 7) is 1.93. The van der Waals surface area contributed by atoms with Crippen molar-refractivity contribution in [3.05, 3.63) is 34.1 Å². The maximum absolute atomic E-state index is 12.0. The van der Waals surface area contributed by atoms with Crippen LogP contribution in [0.4, 0.5) is 11.5 Å². The molecule has 94 valence electrons. The van der Waals surface area contributed by atoms with E-state index in [2.05, 4.69) is 9.97 Å². The van der Waals surface area contributed by atoms with Gasteiger partial charge in [0, 0.05) is 11.3 Å². The molecule has 0 atom stereocenters. The highest BCUT2D eigenvalue weighted by Gasteiger charge is 2.13. The third-order valence-corrected chi connectivity index (χ3v) is 3.18. The Kier molecular flexibility index (Phi) is 3.29. The fraction of sp³-hybridized carbons (Fsp3) is 0.167. The molecule has 2 aromatic rings. The average molecular weight is 262 g/mol. The zero-order chi connectivity index (χ0) is 13.3. The summed E-state index contributed by atoms with van der Waals surface area (Å²) in [5.74, 6) is 0.195. The molecule has 0 spiro atoms. The lowest BCUT2D eigenvalue weighted by Crippen LogP contribution is -2.15. The lowest BCUT2D eigenvalue weighted by Gasteiger charge is -2.09. The van der Waals surface area contributed by atoms with E-state index in [1.165, 1.54) is 11.8 Å². The van der Waals surface area contributed by atoms with Gasteiger partial charge in [-0.2, -0.15) is 0 Å². The van der Waals surface area contributed by atoms with Crippen molar-refractivity contribution in [3.63, 3.8) is 0 Å². The van der Waals surface area contributed by atoms with Gasteiger partial charge < -0.3 is 16.5 Å². The molecule has 6 heteroatoms. The van der Waals surface area contributed by atoms with Crippen molar-refractivity contribution in [1.82, 2.24) is 9.97 Å². The molecule has 0 fully saturated rings. The first-order valence-corrected chi connectivity index (χ1v) is 6.55. The van der Waals surface area contributed by atoms with Gasteiger partial charge in [0.25, 0.3) is 5.56 Å². The minimum atomic E-state index is -0.274. The van der Waals surface area contributed by atoms with Gasteiger partial charge in [-0.1, -0.05) is 23.4 Å². The Labute approximate surface area is 109 Å². The number of thioether (sulfide) groups is 1. The highest BCUT2D eigenvalue weighted by Crippen LogP contribution is 2.28. The molecule has 5 nitrogen and oxygen atoms in total. The van der Waals surface area contributed by atoms with Gasteiger partial charge in [0.15, 0.2) is 5.16 Å². The van der Waals surface area contributed by atoms with Gasteiger partial charge >= 0.3 is 0 Å². The summed E-state index contributed by atoms with van der Waals surface area (Å²) in [4.78, 5) is 18.8. The number of aromatic nitrogens is 2. The summed E-state index contributed by atoms with van der Waals surface area (Å²) in [7, 11) is 0. The second kappa shape index (κ2) is 4.73. The van der Waals surface area contributed by atoms with Crippen molar-refractivity contribution in [2.75, 3.05) is 17.7 Å². The molecule has 0 saturated carbocycles. The molecule has 1 aromatic heterocycles. The van der Waals surface area contributed by atoms with E-state index in [0.717, 1.165) is 5.56 Å². The normalized spacial score (nSPS) is 10.6. The van der Waals surface area contributed by atoms with Crippen molar-refractivity contribution in [3.8, 4) is 11.1 Å². The molecule has 0 aliphatic rings. The number of anilines is 2. The number of hydrogen-bond acceptors (Lipinski definition) is 5. The van der Waals surface area contributed by atoms with Crippen LogP contribution in [-0.4, -0.2) is 16.2 Å². The van der Waals surface area contributed by atoms with Gasteiger partial charge in [-0.3, -0.25) is 4.79 Å². The zero-order valence-electron chi connectivity index (χ0n) is 10.2. The van der Waals surface area contributed by atoms with Crippen molar-refractivity contribution in [2.45, 2.75) is 12.1 Å². The number of benzene rings is 1. The van der Waals surface area contributed by atoms with Crippen LogP contribution in [0.5, 0.6) is 0 Å². The largest absolute Gasteiger partial charge is 0.398 e. The molecule has 0 saturated heterocycles. The van der Waals surface area contributed by atoms with Crippen LogP contribution in [0.25, 0.3) is 11.1 Å². The Bertz CT molecular complexity index is 651. The maximum Gasteiger partial charge on any atom is 0.261 e. The molecule has 0 amide bonds. The Morgan fingerprint density at radius 1 is 1.33 bits per heavy atom.